The van der Waals surface area contributed by atoms with Gasteiger partial charge in [-0.05, 0) is 74.8 Å². The van der Waals surface area contributed by atoms with Crippen LogP contribution in [0.25, 0.3) is 11.3 Å². The van der Waals surface area contributed by atoms with Crippen molar-refractivity contribution in [3.63, 3.8) is 0 Å². The van der Waals surface area contributed by atoms with Crippen molar-refractivity contribution in [3.05, 3.63) is 64.0 Å². The van der Waals surface area contributed by atoms with Crippen LogP contribution < -0.4 is 10.1 Å². The average Bonchev–Trinajstić information content (AvgIpc) is 3.20. The molecular formula is C25H28N2O2S. The molecule has 2 aromatic carbocycles. The van der Waals surface area contributed by atoms with E-state index in [2.05, 4.69) is 41.5 Å². The van der Waals surface area contributed by atoms with Crippen LogP contribution in [-0.4, -0.2) is 17.5 Å². The lowest BCUT2D eigenvalue weighted by Crippen LogP contribution is -2.12. The number of nitrogens with one attached hydrogen (secondary N) is 1. The summed E-state index contributed by atoms with van der Waals surface area (Å²) in [6.07, 6.45) is 5.97. The van der Waals surface area contributed by atoms with Crippen LogP contribution in [0.15, 0.2) is 41.8 Å². The molecule has 1 aliphatic rings. The molecule has 0 fully saturated rings. The lowest BCUT2D eigenvalue weighted by atomic mass is 9.90. The van der Waals surface area contributed by atoms with E-state index in [4.69, 9.17) is 4.74 Å². The molecule has 0 bridgehead atoms. The molecule has 0 saturated carbocycles. The third-order valence-corrected chi connectivity index (χ3v) is 6.29. The van der Waals surface area contributed by atoms with Gasteiger partial charge >= 0.3 is 0 Å². The number of nitrogens with zero attached hydrogens (tertiary/aromatic N) is 1. The van der Waals surface area contributed by atoms with Crippen molar-refractivity contribution in [2.45, 2.75) is 52.4 Å². The second-order valence-corrected chi connectivity index (χ2v) is 8.86. The molecule has 4 nitrogen and oxygen atoms in total. The highest BCUT2D eigenvalue weighted by Crippen LogP contribution is 2.29. The molecule has 1 N–H and O–H groups in total. The second-order valence-electron chi connectivity index (χ2n) is 8.00. The quantitative estimate of drug-likeness (QED) is 0.470. The van der Waals surface area contributed by atoms with Gasteiger partial charge in [0.1, 0.15) is 5.75 Å². The average molecular weight is 421 g/mol. The maximum Gasteiger partial charge on any atom is 0.226 e. The Balaban J connectivity index is 1.27. The van der Waals surface area contributed by atoms with Crippen molar-refractivity contribution in [2.75, 3.05) is 11.9 Å². The molecule has 5 heteroatoms. The zero-order valence-electron chi connectivity index (χ0n) is 17.7. The number of carbonyl (C=O) groups excluding carboxylic acids is 1. The largest absolute Gasteiger partial charge is 0.493 e. The molecule has 0 saturated heterocycles. The summed E-state index contributed by atoms with van der Waals surface area (Å²) < 4.78 is 5.81. The Morgan fingerprint density at radius 2 is 1.93 bits per heavy atom. The van der Waals surface area contributed by atoms with Crippen molar-refractivity contribution >= 4 is 22.4 Å². The zero-order chi connectivity index (χ0) is 20.9. The number of benzene rings is 2. The molecule has 0 spiro atoms. The summed E-state index contributed by atoms with van der Waals surface area (Å²) in [7, 11) is 0. The van der Waals surface area contributed by atoms with Gasteiger partial charge in [0.25, 0.3) is 0 Å². The van der Waals surface area contributed by atoms with Gasteiger partial charge in [-0.1, -0.05) is 29.8 Å². The molecule has 4 rings (SSSR count). The van der Waals surface area contributed by atoms with Gasteiger partial charge in [-0.3, -0.25) is 4.79 Å². The van der Waals surface area contributed by atoms with Crippen LogP contribution in [0.5, 0.6) is 5.75 Å². The van der Waals surface area contributed by atoms with Crippen LogP contribution in [0.3, 0.4) is 0 Å². The third kappa shape index (κ3) is 5.08. The van der Waals surface area contributed by atoms with E-state index in [1.54, 1.807) is 0 Å². The molecule has 3 aromatic rings. The van der Waals surface area contributed by atoms with Gasteiger partial charge < -0.3 is 10.1 Å². The summed E-state index contributed by atoms with van der Waals surface area (Å²) in [6, 6.07) is 12.8. The van der Waals surface area contributed by atoms with E-state index in [9.17, 15) is 4.79 Å². The Morgan fingerprint density at radius 1 is 1.10 bits per heavy atom. The SMILES string of the molecule is Cc1ccc(OCCCC(=O)Nc2nc(-c3ccc4c(c3)CCCC4)cs2)c(C)c1. The highest BCUT2D eigenvalue weighted by Gasteiger charge is 2.13. The molecule has 0 atom stereocenters. The first kappa shape index (κ1) is 20.6. The highest BCUT2D eigenvalue weighted by atomic mass is 32.1. The second kappa shape index (κ2) is 9.43. The topological polar surface area (TPSA) is 51.2 Å². The fourth-order valence-electron chi connectivity index (χ4n) is 3.91. The minimum absolute atomic E-state index is 0.0226. The van der Waals surface area contributed by atoms with Crippen LogP contribution in [0.4, 0.5) is 5.13 Å². The maximum atomic E-state index is 12.3. The zero-order valence-corrected chi connectivity index (χ0v) is 18.5. The number of rotatable bonds is 7. The molecule has 0 unspecified atom stereocenters. The summed E-state index contributed by atoms with van der Waals surface area (Å²) in [6.45, 7) is 4.63. The molecule has 30 heavy (non-hydrogen) atoms. The fourth-order valence-corrected chi connectivity index (χ4v) is 4.65. The third-order valence-electron chi connectivity index (χ3n) is 5.53. The Hall–Kier alpha value is -2.66. The van der Waals surface area contributed by atoms with Crippen molar-refractivity contribution in [1.29, 1.82) is 0 Å². The molecule has 0 aliphatic heterocycles. The van der Waals surface area contributed by atoms with Crippen molar-refractivity contribution in [3.8, 4) is 17.0 Å². The lowest BCUT2D eigenvalue weighted by molar-refractivity contribution is -0.116. The predicted octanol–water partition coefficient (Wildman–Crippen LogP) is 6.10. The lowest BCUT2D eigenvalue weighted by Gasteiger charge is -2.16. The summed E-state index contributed by atoms with van der Waals surface area (Å²) in [4.78, 5) is 16.9. The van der Waals surface area contributed by atoms with Gasteiger partial charge in [0, 0.05) is 17.4 Å². The fraction of sp³-hybridized carbons (Fsp3) is 0.360. The number of anilines is 1. The minimum Gasteiger partial charge on any atom is -0.493 e. The number of carbonyl (C=O) groups is 1. The van der Waals surface area contributed by atoms with Gasteiger partial charge in [-0.2, -0.15) is 0 Å². The molecule has 1 aromatic heterocycles. The summed E-state index contributed by atoms with van der Waals surface area (Å²) >= 11 is 1.48. The Bertz CT molecular complexity index is 1040. The van der Waals surface area contributed by atoms with E-state index in [0.717, 1.165) is 29.0 Å². The van der Waals surface area contributed by atoms with Gasteiger partial charge in [0.15, 0.2) is 5.13 Å². The normalized spacial score (nSPS) is 13.0. The predicted molar refractivity (Wildman–Crippen MR) is 123 cm³/mol. The number of hydrogen-bond acceptors (Lipinski definition) is 4. The van der Waals surface area contributed by atoms with Crippen LogP contribution >= 0.6 is 11.3 Å². The van der Waals surface area contributed by atoms with Crippen LogP contribution in [0.2, 0.25) is 0 Å². The van der Waals surface area contributed by atoms with Crippen molar-refractivity contribution in [2.24, 2.45) is 0 Å². The number of hydrogen-bond donors (Lipinski definition) is 1. The molecule has 1 aliphatic carbocycles. The Morgan fingerprint density at radius 3 is 2.77 bits per heavy atom. The smallest absolute Gasteiger partial charge is 0.226 e. The van der Waals surface area contributed by atoms with Gasteiger partial charge in [0.2, 0.25) is 5.91 Å². The molecule has 1 heterocycles. The van der Waals surface area contributed by atoms with Crippen molar-refractivity contribution in [1.82, 2.24) is 4.98 Å². The summed E-state index contributed by atoms with van der Waals surface area (Å²) in [5.74, 6) is 0.862. The van der Waals surface area contributed by atoms with Crippen molar-refractivity contribution < 1.29 is 9.53 Å². The Labute approximate surface area is 182 Å². The van der Waals surface area contributed by atoms with E-state index in [-0.39, 0.29) is 5.91 Å². The minimum atomic E-state index is -0.0226. The van der Waals surface area contributed by atoms with E-state index in [1.165, 1.54) is 47.3 Å². The number of ether oxygens (including phenoxy) is 1. The number of fused-ring (bicyclic) bond motifs is 1. The number of aryl methyl sites for hydroxylation is 4. The van der Waals surface area contributed by atoms with E-state index in [0.29, 0.717) is 24.6 Å². The van der Waals surface area contributed by atoms with Gasteiger partial charge in [-0.15, -0.1) is 11.3 Å². The molecular weight excluding hydrogens is 392 g/mol. The van der Waals surface area contributed by atoms with Crippen LogP contribution in [-0.2, 0) is 17.6 Å². The number of thiazole rings is 1. The number of aromatic nitrogens is 1. The first-order valence-corrected chi connectivity index (χ1v) is 11.5. The first-order valence-electron chi connectivity index (χ1n) is 10.7. The van der Waals surface area contributed by atoms with E-state index < -0.39 is 0 Å². The summed E-state index contributed by atoms with van der Waals surface area (Å²) in [5, 5.41) is 5.60. The monoisotopic (exact) mass is 420 g/mol. The molecule has 0 radical (unpaired) electrons. The highest BCUT2D eigenvalue weighted by molar-refractivity contribution is 7.14. The van der Waals surface area contributed by atoms with Crippen LogP contribution in [0, 0.1) is 13.8 Å². The van der Waals surface area contributed by atoms with Gasteiger partial charge in [-0.25, -0.2) is 4.98 Å². The van der Waals surface area contributed by atoms with Crippen LogP contribution in [0.1, 0.15) is 47.9 Å². The summed E-state index contributed by atoms with van der Waals surface area (Å²) in [5.41, 5.74) is 7.32. The molecule has 1 amide bonds. The first-order chi connectivity index (χ1) is 14.6. The molecule has 156 valence electrons. The standard InChI is InChI=1S/C25H28N2O2S/c1-17-9-12-23(18(2)14-17)29-13-5-8-24(28)27-25-26-22(16-30-25)21-11-10-19-6-3-4-7-20(19)15-21/h9-12,14-16H,3-8,13H2,1-2H3,(H,26,27,28). The van der Waals surface area contributed by atoms with E-state index in [1.807, 2.05) is 24.4 Å². The van der Waals surface area contributed by atoms with Gasteiger partial charge in [0.05, 0.1) is 12.3 Å². The van der Waals surface area contributed by atoms with E-state index >= 15 is 0 Å². The maximum absolute atomic E-state index is 12.3. The number of amides is 1. The Kier molecular flexibility index (Phi) is 6.48.